The van der Waals surface area contributed by atoms with Crippen LogP contribution in [0.3, 0.4) is 0 Å². The lowest BCUT2D eigenvalue weighted by molar-refractivity contribution is -0.384. The first-order chi connectivity index (χ1) is 9.51. The molecule has 2 rings (SSSR count). The Morgan fingerprint density at radius 2 is 2.30 bits per heavy atom. The number of fused-ring (bicyclic) bond motifs is 1. The van der Waals surface area contributed by atoms with E-state index in [9.17, 15) is 14.9 Å². The molecule has 20 heavy (non-hydrogen) atoms. The van der Waals surface area contributed by atoms with Crippen molar-refractivity contribution < 1.29 is 14.5 Å². The molecule has 1 aromatic rings. The summed E-state index contributed by atoms with van der Waals surface area (Å²) < 4.78 is 5.28. The van der Waals surface area contributed by atoms with E-state index < -0.39 is 4.92 Å². The minimum absolute atomic E-state index is 0.0244. The molecule has 7 heteroatoms. The number of anilines is 2. The third-order valence-electron chi connectivity index (χ3n) is 3.02. The summed E-state index contributed by atoms with van der Waals surface area (Å²) in [5.74, 6) is -0.145. The second-order valence-electron chi connectivity index (χ2n) is 4.71. The van der Waals surface area contributed by atoms with Gasteiger partial charge < -0.3 is 15.4 Å². The minimum Gasteiger partial charge on any atom is -0.380 e. The van der Waals surface area contributed by atoms with Gasteiger partial charge in [-0.25, -0.2) is 0 Å². The molecule has 0 fully saturated rings. The quantitative estimate of drug-likeness (QED) is 0.613. The first kappa shape index (κ1) is 14.3. The molecule has 1 unspecified atom stereocenters. The van der Waals surface area contributed by atoms with Crippen LogP contribution in [0.5, 0.6) is 0 Å². The Balaban J connectivity index is 2.25. The van der Waals surface area contributed by atoms with E-state index in [-0.39, 0.29) is 24.1 Å². The van der Waals surface area contributed by atoms with Crippen LogP contribution >= 0.6 is 0 Å². The van der Waals surface area contributed by atoms with Gasteiger partial charge in [0.2, 0.25) is 5.91 Å². The fourth-order valence-corrected chi connectivity index (χ4v) is 2.13. The molecule has 1 atom stereocenters. The maximum absolute atomic E-state index is 11.3. The minimum atomic E-state index is -0.446. The van der Waals surface area contributed by atoms with Crippen molar-refractivity contribution in [2.75, 3.05) is 23.8 Å². The van der Waals surface area contributed by atoms with Crippen LogP contribution in [0.1, 0.15) is 19.4 Å². The first-order valence-electron chi connectivity index (χ1n) is 6.46. The number of nitro groups is 1. The van der Waals surface area contributed by atoms with Gasteiger partial charge in [0, 0.05) is 24.4 Å². The molecular weight excluding hydrogens is 262 g/mol. The fraction of sp³-hybridized carbons (Fsp3) is 0.462. The summed E-state index contributed by atoms with van der Waals surface area (Å²) in [5.41, 5.74) is 1.66. The topological polar surface area (TPSA) is 93.5 Å². The number of hydrogen-bond donors (Lipinski definition) is 2. The summed E-state index contributed by atoms with van der Waals surface area (Å²) in [7, 11) is 0. The molecule has 0 saturated heterocycles. The second-order valence-corrected chi connectivity index (χ2v) is 4.71. The van der Waals surface area contributed by atoms with Crippen molar-refractivity contribution in [1.29, 1.82) is 0 Å². The monoisotopic (exact) mass is 279 g/mol. The van der Waals surface area contributed by atoms with Crippen molar-refractivity contribution in [3.63, 3.8) is 0 Å². The standard InChI is InChI=1S/C13H17N3O4/c1-3-20-7-8(2)14-11-6-10-9(5-13(17)15-10)4-12(11)16(18)19/h4,6,8,14H,3,5,7H2,1-2H3,(H,15,17). The van der Waals surface area contributed by atoms with E-state index in [1.54, 1.807) is 6.07 Å². The number of nitrogens with one attached hydrogen (secondary N) is 2. The number of nitrogens with zero attached hydrogens (tertiary/aromatic N) is 1. The maximum atomic E-state index is 11.3. The van der Waals surface area contributed by atoms with Crippen LogP contribution in [-0.2, 0) is 16.0 Å². The molecule has 1 aliphatic heterocycles. The number of nitro benzene ring substituents is 1. The van der Waals surface area contributed by atoms with Crippen LogP contribution < -0.4 is 10.6 Å². The summed E-state index contributed by atoms with van der Waals surface area (Å²) in [6.07, 6.45) is 0.185. The van der Waals surface area contributed by atoms with Gasteiger partial charge in [0.1, 0.15) is 5.69 Å². The molecule has 0 radical (unpaired) electrons. The summed E-state index contributed by atoms with van der Waals surface area (Å²) in [6.45, 7) is 4.82. The lowest BCUT2D eigenvalue weighted by atomic mass is 10.1. The van der Waals surface area contributed by atoms with Crippen molar-refractivity contribution in [2.45, 2.75) is 26.3 Å². The average Bonchev–Trinajstić information content (AvgIpc) is 2.74. The normalized spacial score (nSPS) is 14.6. The van der Waals surface area contributed by atoms with E-state index in [4.69, 9.17) is 4.74 Å². The Labute approximate surface area is 116 Å². The highest BCUT2D eigenvalue weighted by Crippen LogP contribution is 2.34. The van der Waals surface area contributed by atoms with Gasteiger partial charge in [0.05, 0.1) is 18.0 Å². The zero-order chi connectivity index (χ0) is 14.7. The van der Waals surface area contributed by atoms with E-state index in [1.165, 1.54) is 6.07 Å². The molecule has 1 heterocycles. The van der Waals surface area contributed by atoms with Crippen molar-refractivity contribution in [3.05, 3.63) is 27.8 Å². The summed E-state index contributed by atoms with van der Waals surface area (Å²) in [4.78, 5) is 22.0. The molecule has 1 aliphatic rings. The van der Waals surface area contributed by atoms with Crippen LogP contribution in [0.15, 0.2) is 12.1 Å². The summed E-state index contributed by atoms with van der Waals surface area (Å²) in [5, 5.41) is 16.9. The van der Waals surface area contributed by atoms with Crippen LogP contribution in [0.25, 0.3) is 0 Å². The number of carbonyl (C=O) groups excluding carboxylic acids is 1. The highest BCUT2D eigenvalue weighted by molar-refractivity contribution is 6.00. The molecule has 0 aliphatic carbocycles. The third-order valence-corrected chi connectivity index (χ3v) is 3.02. The molecule has 0 bridgehead atoms. The van der Waals surface area contributed by atoms with Crippen molar-refractivity contribution in [2.24, 2.45) is 0 Å². The van der Waals surface area contributed by atoms with Crippen molar-refractivity contribution in [1.82, 2.24) is 0 Å². The lowest BCUT2D eigenvalue weighted by Crippen LogP contribution is -2.22. The predicted octanol–water partition coefficient (Wildman–Crippen LogP) is 1.93. The predicted molar refractivity (Wildman–Crippen MR) is 75.0 cm³/mol. The highest BCUT2D eigenvalue weighted by Gasteiger charge is 2.25. The molecule has 0 spiro atoms. The summed E-state index contributed by atoms with van der Waals surface area (Å²) in [6, 6.07) is 2.99. The van der Waals surface area contributed by atoms with E-state index in [0.29, 0.717) is 30.2 Å². The number of ether oxygens (including phenoxy) is 1. The van der Waals surface area contributed by atoms with Gasteiger partial charge in [-0.15, -0.1) is 0 Å². The van der Waals surface area contributed by atoms with Gasteiger partial charge in [-0.1, -0.05) is 0 Å². The van der Waals surface area contributed by atoms with Crippen LogP contribution in [0, 0.1) is 10.1 Å². The molecule has 0 aromatic heterocycles. The third kappa shape index (κ3) is 3.05. The number of benzene rings is 1. The van der Waals surface area contributed by atoms with Gasteiger partial charge in [-0.05, 0) is 25.5 Å². The Morgan fingerprint density at radius 1 is 1.55 bits per heavy atom. The average molecular weight is 279 g/mol. The molecule has 1 amide bonds. The first-order valence-corrected chi connectivity index (χ1v) is 6.46. The van der Waals surface area contributed by atoms with Gasteiger partial charge >= 0.3 is 0 Å². The van der Waals surface area contributed by atoms with E-state index in [2.05, 4.69) is 10.6 Å². The Morgan fingerprint density at radius 3 is 2.95 bits per heavy atom. The zero-order valence-corrected chi connectivity index (χ0v) is 11.4. The van der Waals surface area contributed by atoms with Crippen LogP contribution in [0.4, 0.5) is 17.1 Å². The second kappa shape index (κ2) is 5.87. The van der Waals surface area contributed by atoms with Crippen LogP contribution in [0.2, 0.25) is 0 Å². The molecule has 0 saturated carbocycles. The zero-order valence-electron chi connectivity index (χ0n) is 11.4. The lowest BCUT2D eigenvalue weighted by Gasteiger charge is -2.15. The van der Waals surface area contributed by atoms with Crippen LogP contribution in [-0.4, -0.2) is 30.1 Å². The molecule has 108 valence electrons. The molecular formula is C13H17N3O4. The van der Waals surface area contributed by atoms with Gasteiger partial charge in [-0.3, -0.25) is 14.9 Å². The van der Waals surface area contributed by atoms with Gasteiger partial charge in [-0.2, -0.15) is 0 Å². The van der Waals surface area contributed by atoms with Gasteiger partial charge in [0.15, 0.2) is 0 Å². The molecule has 1 aromatic carbocycles. The number of hydrogen-bond acceptors (Lipinski definition) is 5. The Bertz CT molecular complexity index is 545. The van der Waals surface area contributed by atoms with E-state index >= 15 is 0 Å². The number of rotatable bonds is 6. The van der Waals surface area contributed by atoms with Gasteiger partial charge in [0.25, 0.3) is 5.69 Å². The van der Waals surface area contributed by atoms with E-state index in [1.807, 2.05) is 13.8 Å². The van der Waals surface area contributed by atoms with Crippen molar-refractivity contribution in [3.8, 4) is 0 Å². The fourth-order valence-electron chi connectivity index (χ4n) is 2.13. The number of amides is 1. The Hall–Kier alpha value is -2.15. The maximum Gasteiger partial charge on any atom is 0.292 e. The molecule has 2 N–H and O–H groups in total. The summed E-state index contributed by atoms with van der Waals surface area (Å²) >= 11 is 0. The largest absolute Gasteiger partial charge is 0.380 e. The SMILES string of the molecule is CCOCC(C)Nc1cc2c(cc1[N+](=O)[O-])CC(=O)N2. The number of carbonyl (C=O) groups is 1. The highest BCUT2D eigenvalue weighted by atomic mass is 16.6. The molecule has 7 nitrogen and oxygen atoms in total. The van der Waals surface area contributed by atoms with Crippen molar-refractivity contribution >= 4 is 23.0 Å². The van der Waals surface area contributed by atoms with E-state index in [0.717, 1.165) is 0 Å². The Kier molecular flexibility index (Phi) is 4.19. The smallest absolute Gasteiger partial charge is 0.292 e.